The van der Waals surface area contributed by atoms with Gasteiger partial charge in [-0.25, -0.2) is 0 Å². The Kier molecular flexibility index (Phi) is 6.53. The molecule has 0 saturated carbocycles. The first-order valence-corrected chi connectivity index (χ1v) is 9.92. The van der Waals surface area contributed by atoms with Crippen LogP contribution in [-0.4, -0.2) is 24.8 Å². The van der Waals surface area contributed by atoms with E-state index in [-0.39, 0.29) is 30.0 Å². The van der Waals surface area contributed by atoms with Gasteiger partial charge in [0, 0.05) is 15.4 Å². The Hall–Kier alpha value is 1.11. The van der Waals surface area contributed by atoms with Crippen molar-refractivity contribution in [3.8, 4) is 0 Å². The summed E-state index contributed by atoms with van der Waals surface area (Å²) in [5.74, 6) is -0.289. The minimum atomic E-state index is -0.644. The van der Waals surface area contributed by atoms with Crippen molar-refractivity contribution in [2.24, 2.45) is 11.8 Å². The molecule has 16 heavy (non-hydrogen) atoms. The van der Waals surface area contributed by atoms with Gasteiger partial charge >= 0.3 is 5.97 Å². The summed E-state index contributed by atoms with van der Waals surface area (Å²) in [7, 11) is 6.74. The average Bonchev–Trinajstić information content (AvgIpc) is 2.21. The predicted molar refractivity (Wildman–Crippen MR) is 75.1 cm³/mol. The van der Waals surface area contributed by atoms with E-state index in [9.17, 15) is 4.79 Å². The molecule has 0 N–H and O–H groups in total. The Morgan fingerprint density at radius 3 is 2.56 bits per heavy atom. The third-order valence-corrected chi connectivity index (χ3v) is 4.15. The molecule has 3 unspecified atom stereocenters. The fraction of sp³-hybridized carbons (Fsp3) is 0.875. The van der Waals surface area contributed by atoms with Crippen LogP contribution in [0.2, 0.25) is 0 Å². The number of ether oxygens (including phenoxy) is 1. The summed E-state index contributed by atoms with van der Waals surface area (Å²) < 4.78 is 16.1. The Balaban J connectivity index is 2.73. The molecule has 94 valence electrons. The maximum Gasteiger partial charge on any atom is 0.311 e. The summed E-state index contributed by atoms with van der Waals surface area (Å²) in [6.45, 7) is 4.25. The smallest absolute Gasteiger partial charge is 0.311 e. The van der Waals surface area contributed by atoms with Crippen molar-refractivity contribution in [2.75, 3.05) is 6.61 Å². The van der Waals surface area contributed by atoms with Crippen LogP contribution < -0.4 is 0 Å². The second-order valence-electron chi connectivity index (χ2n) is 3.89. The van der Waals surface area contributed by atoms with Gasteiger partial charge in [-0.15, -0.1) is 0 Å². The molecule has 1 saturated heterocycles. The van der Waals surface area contributed by atoms with Crippen LogP contribution in [0.5, 0.6) is 0 Å². The Labute approximate surface area is 104 Å². The largest absolute Gasteiger partial charge is 0.459 e. The van der Waals surface area contributed by atoms with Crippen molar-refractivity contribution in [1.82, 2.24) is 0 Å². The fourth-order valence-electron chi connectivity index (χ4n) is 1.77. The van der Waals surface area contributed by atoms with E-state index < -0.39 is 7.53 Å². The average molecular weight is 302 g/mol. The molecule has 7 atom stereocenters. The van der Waals surface area contributed by atoms with Crippen LogP contribution in [0.25, 0.3) is 0 Å². The SMILES string of the molecule is C[C@H]1[C@H](OP(P)P)[C@@H](C)C(=O)O[C@@H]1COP. The number of carbonyl (C=O) groups is 1. The number of rotatable bonds is 4. The zero-order valence-corrected chi connectivity index (χ0v) is 13.7. The van der Waals surface area contributed by atoms with Crippen LogP contribution in [0, 0.1) is 11.8 Å². The zero-order valence-electron chi connectivity index (χ0n) is 9.33. The Bertz CT molecular complexity index is 250. The van der Waals surface area contributed by atoms with Gasteiger partial charge in [0.1, 0.15) is 6.10 Å². The van der Waals surface area contributed by atoms with E-state index in [1.165, 1.54) is 0 Å². The summed E-state index contributed by atoms with van der Waals surface area (Å²) >= 11 is 0. The lowest BCUT2D eigenvalue weighted by molar-refractivity contribution is -0.176. The van der Waals surface area contributed by atoms with Gasteiger partial charge < -0.3 is 13.8 Å². The molecule has 0 aliphatic carbocycles. The molecule has 0 spiro atoms. The number of esters is 1. The quantitative estimate of drug-likeness (QED) is 0.591. The van der Waals surface area contributed by atoms with Crippen LogP contribution >= 0.6 is 34.8 Å². The van der Waals surface area contributed by atoms with Gasteiger partial charge in [-0.3, -0.25) is 4.79 Å². The van der Waals surface area contributed by atoms with Gasteiger partial charge in [0.25, 0.3) is 0 Å². The summed E-state index contributed by atoms with van der Waals surface area (Å²) in [4.78, 5) is 11.6. The highest BCUT2D eigenvalue weighted by Crippen LogP contribution is 2.56. The third kappa shape index (κ3) is 3.81. The lowest BCUT2D eigenvalue weighted by Gasteiger charge is -2.39. The number of hydrogen-bond acceptors (Lipinski definition) is 4. The predicted octanol–water partition coefficient (Wildman–Crippen LogP) is 2.35. The maximum absolute atomic E-state index is 11.6. The van der Waals surface area contributed by atoms with Crippen LogP contribution in [-0.2, 0) is 18.6 Å². The molecule has 1 fully saturated rings. The van der Waals surface area contributed by atoms with Crippen molar-refractivity contribution in [1.29, 1.82) is 0 Å². The maximum atomic E-state index is 11.6. The fourth-order valence-corrected chi connectivity index (χ4v) is 3.46. The van der Waals surface area contributed by atoms with Crippen LogP contribution in [0.15, 0.2) is 0 Å². The topological polar surface area (TPSA) is 44.8 Å². The zero-order chi connectivity index (χ0) is 12.3. The highest BCUT2D eigenvalue weighted by molar-refractivity contribution is 8.41. The molecule has 1 rings (SSSR count). The lowest BCUT2D eigenvalue weighted by atomic mass is 9.87. The Morgan fingerprint density at radius 2 is 2.06 bits per heavy atom. The van der Waals surface area contributed by atoms with E-state index >= 15 is 0 Å². The van der Waals surface area contributed by atoms with Gasteiger partial charge in [-0.1, -0.05) is 24.8 Å². The molecule has 1 aliphatic rings. The molecular formula is C8H18O4P4. The van der Waals surface area contributed by atoms with E-state index in [0.29, 0.717) is 6.61 Å². The standard InChI is InChI=1S/C8H18O4P4/c1-4-6(3-10-13)11-8(9)5(2)7(4)12-16(14)15/h4-7H,3,13-15H2,1-2H3/t4-,5-,6-,7+/m1/s1. The van der Waals surface area contributed by atoms with Crippen molar-refractivity contribution in [3.63, 3.8) is 0 Å². The van der Waals surface area contributed by atoms with E-state index in [4.69, 9.17) is 13.8 Å². The van der Waals surface area contributed by atoms with Crippen molar-refractivity contribution < 1.29 is 18.6 Å². The van der Waals surface area contributed by atoms with Gasteiger partial charge in [0.05, 0.1) is 26.2 Å². The first kappa shape index (κ1) is 15.2. The van der Waals surface area contributed by atoms with Crippen molar-refractivity contribution >= 4 is 40.8 Å². The van der Waals surface area contributed by atoms with Crippen LogP contribution in [0.4, 0.5) is 0 Å². The lowest BCUT2D eigenvalue weighted by Crippen LogP contribution is -2.48. The number of hydrogen-bond donors (Lipinski definition) is 0. The van der Waals surface area contributed by atoms with Gasteiger partial charge in [-0.05, 0) is 6.92 Å². The van der Waals surface area contributed by atoms with E-state index in [2.05, 4.69) is 27.3 Å². The summed E-state index contributed by atoms with van der Waals surface area (Å²) in [6, 6.07) is 0. The van der Waals surface area contributed by atoms with Gasteiger partial charge in [0.15, 0.2) is 0 Å². The first-order valence-electron chi connectivity index (χ1n) is 4.95. The summed E-state index contributed by atoms with van der Waals surface area (Å²) in [5, 5.41) is 0. The molecule has 0 bridgehead atoms. The second kappa shape index (κ2) is 6.89. The molecule has 8 heteroatoms. The minimum absolute atomic E-state index is 0.104. The van der Waals surface area contributed by atoms with Gasteiger partial charge in [0.2, 0.25) is 0 Å². The number of carbonyl (C=O) groups excluding carboxylic acids is 1. The van der Waals surface area contributed by atoms with E-state index in [0.717, 1.165) is 0 Å². The highest BCUT2D eigenvalue weighted by Gasteiger charge is 2.42. The molecule has 0 aromatic heterocycles. The molecule has 0 aromatic rings. The highest BCUT2D eigenvalue weighted by atomic mass is 32.4. The van der Waals surface area contributed by atoms with Crippen LogP contribution in [0.3, 0.4) is 0 Å². The normalized spacial score (nSPS) is 35.2. The molecule has 4 nitrogen and oxygen atoms in total. The number of cyclic esters (lactones) is 1. The Morgan fingerprint density at radius 1 is 1.44 bits per heavy atom. The molecule has 1 aliphatic heterocycles. The molecule has 0 radical (unpaired) electrons. The van der Waals surface area contributed by atoms with Crippen LogP contribution in [0.1, 0.15) is 13.8 Å². The molecular weight excluding hydrogens is 284 g/mol. The summed E-state index contributed by atoms with van der Waals surface area (Å²) in [5.41, 5.74) is 0. The minimum Gasteiger partial charge on any atom is -0.459 e. The molecule has 1 heterocycles. The third-order valence-electron chi connectivity index (χ3n) is 2.74. The first-order chi connectivity index (χ1) is 7.47. The van der Waals surface area contributed by atoms with Gasteiger partial charge in [-0.2, -0.15) is 0 Å². The summed E-state index contributed by atoms with van der Waals surface area (Å²) in [6.07, 6.45) is -0.330. The van der Waals surface area contributed by atoms with E-state index in [1.807, 2.05) is 13.8 Å². The van der Waals surface area contributed by atoms with E-state index in [1.54, 1.807) is 0 Å². The second-order valence-corrected chi connectivity index (χ2v) is 9.99. The molecule has 0 amide bonds. The van der Waals surface area contributed by atoms with Crippen molar-refractivity contribution in [2.45, 2.75) is 26.1 Å². The monoisotopic (exact) mass is 302 g/mol. The van der Waals surface area contributed by atoms with Crippen molar-refractivity contribution in [3.05, 3.63) is 0 Å². The molecule has 0 aromatic carbocycles.